The molecule has 10 heteroatoms. The highest BCUT2D eigenvalue weighted by Gasteiger charge is 2.35. The first kappa shape index (κ1) is 15.8. The Hall–Kier alpha value is -2.04. The van der Waals surface area contributed by atoms with Crippen molar-refractivity contribution < 1.29 is 22.9 Å². The first-order chi connectivity index (χ1) is 10.8. The summed E-state index contributed by atoms with van der Waals surface area (Å²) in [5, 5.41) is 19.4. The summed E-state index contributed by atoms with van der Waals surface area (Å²) in [6.45, 7) is 3.78. The van der Waals surface area contributed by atoms with Crippen molar-refractivity contribution in [1.82, 2.24) is 19.9 Å². The maximum atomic E-state index is 13.0. The van der Waals surface area contributed by atoms with Gasteiger partial charge >= 0.3 is 5.97 Å². The molecule has 1 aromatic heterocycles. The summed E-state index contributed by atoms with van der Waals surface area (Å²) in [6, 6.07) is 0.770. The fraction of sp³-hybridized carbons (Fsp3) is 0.462. The van der Waals surface area contributed by atoms with E-state index in [2.05, 4.69) is 15.6 Å². The number of fused-ring (bicyclic) bond motifs is 1. The van der Waals surface area contributed by atoms with Gasteiger partial charge in [-0.15, -0.1) is 0 Å². The highest BCUT2D eigenvalue weighted by Crippen LogP contribution is 2.29. The summed E-state index contributed by atoms with van der Waals surface area (Å²) >= 11 is 0. The van der Waals surface area contributed by atoms with Gasteiger partial charge in [0.15, 0.2) is 5.52 Å². The van der Waals surface area contributed by atoms with Crippen LogP contribution in [0.4, 0.5) is 0 Å². The summed E-state index contributed by atoms with van der Waals surface area (Å²) in [7, 11) is -3.90. The van der Waals surface area contributed by atoms with Crippen LogP contribution in [0.2, 0.25) is 0 Å². The second-order valence-corrected chi connectivity index (χ2v) is 7.38. The number of aromatic nitrogens is 2. The maximum absolute atomic E-state index is 13.0. The van der Waals surface area contributed by atoms with Crippen LogP contribution in [0.25, 0.3) is 11.0 Å². The SMILES string of the molecule is Cc1cc(C)c2nonc2c1S(=O)(=O)N1CCNC(C(=O)O)C1. The number of piperazine rings is 1. The molecule has 1 saturated heterocycles. The number of carboxylic acid groups (broad SMARTS) is 1. The molecule has 0 aliphatic carbocycles. The molecule has 0 saturated carbocycles. The van der Waals surface area contributed by atoms with Gasteiger partial charge in [0.1, 0.15) is 16.5 Å². The van der Waals surface area contributed by atoms with Crippen LogP contribution in [0, 0.1) is 13.8 Å². The molecule has 1 aliphatic rings. The molecule has 3 rings (SSSR count). The molecule has 9 nitrogen and oxygen atoms in total. The molecule has 23 heavy (non-hydrogen) atoms. The van der Waals surface area contributed by atoms with Gasteiger partial charge in [0.05, 0.1) is 0 Å². The Morgan fingerprint density at radius 1 is 1.35 bits per heavy atom. The molecule has 0 amide bonds. The second-order valence-electron chi connectivity index (χ2n) is 5.51. The van der Waals surface area contributed by atoms with E-state index in [1.807, 2.05) is 0 Å². The number of nitrogens with one attached hydrogen (secondary N) is 1. The van der Waals surface area contributed by atoms with Gasteiger partial charge in [-0.05, 0) is 35.3 Å². The number of aryl methyl sites for hydroxylation is 2. The largest absolute Gasteiger partial charge is 0.480 e. The summed E-state index contributed by atoms with van der Waals surface area (Å²) in [6.07, 6.45) is 0. The lowest BCUT2D eigenvalue weighted by atomic mass is 10.1. The van der Waals surface area contributed by atoms with Crippen LogP contribution in [-0.2, 0) is 14.8 Å². The van der Waals surface area contributed by atoms with Crippen molar-refractivity contribution >= 4 is 27.0 Å². The number of carbonyl (C=O) groups is 1. The minimum absolute atomic E-state index is 0.0189. The number of sulfonamides is 1. The van der Waals surface area contributed by atoms with Crippen LogP contribution in [0.1, 0.15) is 11.1 Å². The zero-order chi connectivity index (χ0) is 16.8. The Morgan fingerprint density at radius 2 is 2.04 bits per heavy atom. The maximum Gasteiger partial charge on any atom is 0.322 e. The van der Waals surface area contributed by atoms with E-state index in [4.69, 9.17) is 9.74 Å². The van der Waals surface area contributed by atoms with Crippen molar-refractivity contribution in [3.05, 3.63) is 17.2 Å². The van der Waals surface area contributed by atoms with Crippen molar-refractivity contribution in [2.75, 3.05) is 19.6 Å². The minimum atomic E-state index is -3.90. The van der Waals surface area contributed by atoms with Gasteiger partial charge in [-0.3, -0.25) is 4.79 Å². The van der Waals surface area contributed by atoms with E-state index < -0.39 is 22.0 Å². The Kier molecular flexibility index (Phi) is 3.82. The van der Waals surface area contributed by atoms with Gasteiger partial charge in [-0.25, -0.2) is 13.0 Å². The number of hydrogen-bond donors (Lipinski definition) is 2. The number of aliphatic carboxylic acids is 1. The molecular formula is C13H16N4O5S. The van der Waals surface area contributed by atoms with Crippen LogP contribution in [0.15, 0.2) is 15.6 Å². The first-order valence-electron chi connectivity index (χ1n) is 7.01. The lowest BCUT2D eigenvalue weighted by molar-refractivity contribution is -0.140. The molecule has 0 bridgehead atoms. The molecule has 0 spiro atoms. The third-order valence-corrected chi connectivity index (χ3v) is 5.95. The highest BCUT2D eigenvalue weighted by atomic mass is 32.2. The Bertz CT molecular complexity index is 876. The lowest BCUT2D eigenvalue weighted by Crippen LogP contribution is -2.55. The van der Waals surface area contributed by atoms with Gasteiger partial charge in [0.25, 0.3) is 0 Å². The monoisotopic (exact) mass is 340 g/mol. The zero-order valence-electron chi connectivity index (χ0n) is 12.6. The molecule has 2 aromatic rings. The summed E-state index contributed by atoms with van der Waals surface area (Å²) in [5.41, 5.74) is 1.85. The quantitative estimate of drug-likeness (QED) is 0.792. The molecule has 2 N–H and O–H groups in total. The van der Waals surface area contributed by atoms with Crippen molar-refractivity contribution in [2.45, 2.75) is 24.8 Å². The summed E-state index contributed by atoms with van der Waals surface area (Å²) < 4.78 is 31.8. The van der Waals surface area contributed by atoms with Crippen molar-refractivity contribution in [3.63, 3.8) is 0 Å². The van der Waals surface area contributed by atoms with Crippen molar-refractivity contribution in [3.8, 4) is 0 Å². The van der Waals surface area contributed by atoms with Gasteiger partial charge < -0.3 is 10.4 Å². The molecule has 1 fully saturated rings. The van der Waals surface area contributed by atoms with Gasteiger partial charge in [-0.2, -0.15) is 4.31 Å². The first-order valence-corrected chi connectivity index (χ1v) is 8.45. The number of rotatable bonds is 3. The number of benzene rings is 1. The lowest BCUT2D eigenvalue weighted by Gasteiger charge is -2.31. The highest BCUT2D eigenvalue weighted by molar-refractivity contribution is 7.89. The molecule has 1 aromatic carbocycles. The predicted octanol–water partition coefficient (Wildman–Crippen LogP) is -0.113. The van der Waals surface area contributed by atoms with E-state index in [-0.39, 0.29) is 30.0 Å². The summed E-state index contributed by atoms with van der Waals surface area (Å²) in [5.74, 6) is -1.08. The molecule has 2 heterocycles. The second kappa shape index (κ2) is 5.55. The number of carboxylic acids is 1. The van der Waals surface area contributed by atoms with Crippen LogP contribution in [0.5, 0.6) is 0 Å². The van der Waals surface area contributed by atoms with Gasteiger partial charge in [-0.1, -0.05) is 6.07 Å². The normalized spacial score (nSPS) is 20.0. The molecule has 124 valence electrons. The zero-order valence-corrected chi connectivity index (χ0v) is 13.4. The minimum Gasteiger partial charge on any atom is -0.480 e. The number of nitrogens with zero attached hydrogens (tertiary/aromatic N) is 3. The number of hydrogen-bond acceptors (Lipinski definition) is 7. The molecule has 0 radical (unpaired) electrons. The average Bonchev–Trinajstić information content (AvgIpc) is 2.96. The Labute approximate surface area is 132 Å². The topological polar surface area (TPSA) is 126 Å². The molecule has 1 unspecified atom stereocenters. The van der Waals surface area contributed by atoms with E-state index >= 15 is 0 Å². The van der Waals surface area contributed by atoms with E-state index in [0.717, 1.165) is 9.87 Å². The van der Waals surface area contributed by atoms with Crippen molar-refractivity contribution in [1.29, 1.82) is 0 Å². The molecule has 1 aliphatic heterocycles. The van der Waals surface area contributed by atoms with E-state index in [1.54, 1.807) is 19.9 Å². The van der Waals surface area contributed by atoms with E-state index in [0.29, 0.717) is 11.1 Å². The molecular weight excluding hydrogens is 324 g/mol. The average molecular weight is 340 g/mol. The Balaban J connectivity index is 2.10. The fourth-order valence-electron chi connectivity index (χ4n) is 2.80. The fourth-order valence-corrected chi connectivity index (χ4v) is 4.58. The van der Waals surface area contributed by atoms with Gasteiger partial charge in [0.2, 0.25) is 10.0 Å². The van der Waals surface area contributed by atoms with Gasteiger partial charge in [0, 0.05) is 19.6 Å². The summed E-state index contributed by atoms with van der Waals surface area (Å²) in [4.78, 5) is 11.1. The third kappa shape index (κ3) is 2.58. The standard InChI is InChI=1S/C13H16N4O5S/c1-7-5-8(2)12(11-10(7)15-22-16-11)23(20,21)17-4-3-14-9(6-17)13(18)19/h5,9,14H,3-4,6H2,1-2H3,(H,18,19). The predicted molar refractivity (Wildman–Crippen MR) is 79.5 cm³/mol. The van der Waals surface area contributed by atoms with E-state index in [1.165, 1.54) is 0 Å². The van der Waals surface area contributed by atoms with Crippen molar-refractivity contribution in [2.24, 2.45) is 0 Å². The van der Waals surface area contributed by atoms with Crippen LogP contribution >= 0.6 is 0 Å². The third-order valence-electron chi connectivity index (χ3n) is 3.90. The van der Waals surface area contributed by atoms with Crippen LogP contribution < -0.4 is 5.32 Å². The smallest absolute Gasteiger partial charge is 0.322 e. The van der Waals surface area contributed by atoms with Crippen LogP contribution in [0.3, 0.4) is 0 Å². The molecule has 1 atom stereocenters. The van der Waals surface area contributed by atoms with Crippen LogP contribution in [-0.4, -0.2) is 59.8 Å². The van der Waals surface area contributed by atoms with E-state index in [9.17, 15) is 13.2 Å². The Morgan fingerprint density at radius 3 is 2.74 bits per heavy atom.